The Morgan fingerprint density at radius 3 is 0.621 bits per heavy atom. The Kier molecular flexibility index (Phi) is 66.3. The van der Waals surface area contributed by atoms with E-state index < -0.39 is 20.4 Å². The molecule has 0 unspecified atom stereocenters. The first-order chi connectivity index (χ1) is 32.4. The lowest BCUT2D eigenvalue weighted by Gasteiger charge is -2.01. The van der Waals surface area contributed by atoms with E-state index in [-0.39, 0.29) is 17.9 Å². The van der Waals surface area contributed by atoms with Gasteiger partial charge in [0.1, 0.15) is 0 Å². The minimum Gasteiger partial charge on any atom is -0.439 e. The molecule has 66 heavy (non-hydrogen) atoms. The van der Waals surface area contributed by atoms with Gasteiger partial charge >= 0.3 is 17.9 Å². The third-order valence-corrected chi connectivity index (χ3v) is 11.6. The third kappa shape index (κ3) is 68.1. The summed E-state index contributed by atoms with van der Waals surface area (Å²) in [7, 11) is 0. The number of aliphatic hydroxyl groups is 3. The lowest BCUT2D eigenvalue weighted by Crippen LogP contribution is -2.04. The van der Waals surface area contributed by atoms with E-state index in [1.54, 1.807) is 0 Å². The molecular formula is C57H108O9. The van der Waals surface area contributed by atoms with Crippen molar-refractivity contribution in [3.8, 4) is 0 Å². The molecule has 0 aliphatic rings. The second kappa shape index (κ2) is 64.6. The highest BCUT2D eigenvalue weighted by atomic mass is 16.6. The quantitative estimate of drug-likeness (QED) is 0.0179. The number of carbonyl (C=O) groups is 3. The number of hydrogen-bond donors (Lipinski definition) is 3. The fourth-order valence-electron chi connectivity index (χ4n) is 7.45. The molecule has 0 aromatic carbocycles. The Balaban J connectivity index is -0.000000902. The number of unbranched alkanes of at least 4 members (excludes halogenated alkanes) is 33. The first kappa shape index (κ1) is 67.8. The van der Waals surface area contributed by atoms with E-state index in [0.29, 0.717) is 19.3 Å². The average molecular weight is 937 g/mol. The van der Waals surface area contributed by atoms with Crippen molar-refractivity contribution in [2.75, 3.05) is 20.4 Å². The zero-order valence-corrected chi connectivity index (χ0v) is 43.6. The number of hydrogen-bond acceptors (Lipinski definition) is 9. The summed E-state index contributed by atoms with van der Waals surface area (Å²) in [4.78, 5) is 33.0. The molecular weight excluding hydrogens is 829 g/mol. The van der Waals surface area contributed by atoms with Crippen LogP contribution >= 0.6 is 0 Å². The van der Waals surface area contributed by atoms with E-state index in [9.17, 15) is 14.4 Å². The van der Waals surface area contributed by atoms with Crippen LogP contribution < -0.4 is 0 Å². The standard InChI is InChI=1S/3C19H36O3/c3*1-2-3-4-5-6-7-8-9-10-11-12-13-14-15-16-17-19(21)22-18-20/h3*9-10,20H,2-8,11-18H2,1H3/b3*10-9-. The molecule has 0 bridgehead atoms. The Morgan fingerprint density at radius 1 is 0.273 bits per heavy atom. The minimum absolute atomic E-state index is 0.292. The average Bonchev–Trinajstić information content (AvgIpc) is 3.31. The fourth-order valence-corrected chi connectivity index (χ4v) is 7.45. The molecule has 0 fully saturated rings. The van der Waals surface area contributed by atoms with Crippen molar-refractivity contribution in [3.63, 3.8) is 0 Å². The van der Waals surface area contributed by atoms with Crippen molar-refractivity contribution in [1.82, 2.24) is 0 Å². The van der Waals surface area contributed by atoms with E-state index in [1.165, 1.54) is 212 Å². The molecule has 0 rings (SSSR count). The van der Waals surface area contributed by atoms with E-state index in [2.05, 4.69) is 71.4 Å². The number of carbonyl (C=O) groups excluding carboxylic acids is 3. The van der Waals surface area contributed by atoms with E-state index in [0.717, 1.165) is 38.5 Å². The largest absolute Gasteiger partial charge is 0.439 e. The third-order valence-electron chi connectivity index (χ3n) is 11.6. The van der Waals surface area contributed by atoms with Gasteiger partial charge in [0, 0.05) is 19.3 Å². The smallest absolute Gasteiger partial charge is 0.307 e. The van der Waals surface area contributed by atoms with Crippen LogP contribution in [-0.4, -0.2) is 53.6 Å². The monoisotopic (exact) mass is 937 g/mol. The maximum Gasteiger partial charge on any atom is 0.307 e. The first-order valence-corrected chi connectivity index (χ1v) is 27.7. The van der Waals surface area contributed by atoms with Gasteiger partial charge in [0.2, 0.25) is 0 Å². The van der Waals surface area contributed by atoms with Crippen LogP contribution in [0.25, 0.3) is 0 Å². The molecule has 0 heterocycles. The van der Waals surface area contributed by atoms with Crippen LogP contribution in [-0.2, 0) is 28.6 Å². The van der Waals surface area contributed by atoms with Crippen LogP contribution in [0.2, 0.25) is 0 Å². The fraction of sp³-hybridized carbons (Fsp3) is 0.842. The molecule has 9 nitrogen and oxygen atoms in total. The number of esters is 3. The summed E-state index contributed by atoms with van der Waals surface area (Å²) < 4.78 is 13.4. The summed E-state index contributed by atoms with van der Waals surface area (Å²) >= 11 is 0. The Hall–Kier alpha value is -2.49. The SMILES string of the molecule is CCCCCCCC/C=C\CCCCCCCC(=O)OCO.CCCCCCCC/C=C\CCCCCCCC(=O)OCO.CCCCCCCC/C=C\CCCCCCCC(=O)OCO. The van der Waals surface area contributed by atoms with Crippen molar-refractivity contribution in [3.05, 3.63) is 36.5 Å². The summed E-state index contributed by atoms with van der Waals surface area (Å²) in [5.41, 5.74) is 0. The van der Waals surface area contributed by atoms with Crippen LogP contribution in [0.3, 0.4) is 0 Å². The molecule has 9 heteroatoms. The molecule has 0 aromatic heterocycles. The van der Waals surface area contributed by atoms with Crippen LogP contribution in [0.4, 0.5) is 0 Å². The predicted octanol–water partition coefficient (Wildman–Crippen LogP) is 16.6. The second-order valence-electron chi connectivity index (χ2n) is 17.9. The Morgan fingerprint density at radius 2 is 0.439 bits per heavy atom. The molecule has 0 saturated heterocycles. The maximum absolute atomic E-state index is 11.0. The van der Waals surface area contributed by atoms with Gasteiger partial charge in [0.25, 0.3) is 0 Å². The van der Waals surface area contributed by atoms with Crippen molar-refractivity contribution >= 4 is 17.9 Å². The van der Waals surface area contributed by atoms with Gasteiger partial charge in [0.05, 0.1) is 0 Å². The van der Waals surface area contributed by atoms with Gasteiger partial charge in [-0.25, -0.2) is 0 Å². The van der Waals surface area contributed by atoms with Gasteiger partial charge in [-0.1, -0.05) is 211 Å². The summed E-state index contributed by atoms with van der Waals surface area (Å²) in [6, 6.07) is 0. The second-order valence-corrected chi connectivity index (χ2v) is 17.9. The van der Waals surface area contributed by atoms with Gasteiger partial charge in [-0.3, -0.25) is 14.4 Å². The molecule has 0 aromatic rings. The van der Waals surface area contributed by atoms with E-state index >= 15 is 0 Å². The molecule has 0 aliphatic heterocycles. The van der Waals surface area contributed by atoms with Gasteiger partial charge < -0.3 is 29.5 Å². The van der Waals surface area contributed by atoms with Gasteiger partial charge in [-0.15, -0.1) is 0 Å². The summed E-state index contributed by atoms with van der Waals surface area (Å²) in [6.45, 7) is 5.29. The highest BCUT2D eigenvalue weighted by Crippen LogP contribution is 2.13. The Bertz CT molecular complexity index is 913. The number of ether oxygens (including phenoxy) is 3. The van der Waals surface area contributed by atoms with Crippen molar-refractivity contribution in [1.29, 1.82) is 0 Å². The summed E-state index contributed by atoms with van der Waals surface area (Å²) in [6.07, 6.45) is 64.0. The predicted molar refractivity (Wildman–Crippen MR) is 278 cm³/mol. The molecule has 0 aliphatic carbocycles. The summed E-state index contributed by atoms with van der Waals surface area (Å²) in [5, 5.41) is 25.2. The number of rotatable bonds is 48. The summed E-state index contributed by atoms with van der Waals surface area (Å²) in [5.74, 6) is -0.875. The molecule has 0 radical (unpaired) electrons. The first-order valence-electron chi connectivity index (χ1n) is 27.7. The maximum atomic E-state index is 11.0. The van der Waals surface area contributed by atoms with Crippen molar-refractivity contribution in [2.45, 2.75) is 290 Å². The minimum atomic E-state index is -0.496. The van der Waals surface area contributed by atoms with E-state index in [1.807, 2.05) is 0 Å². The molecule has 0 atom stereocenters. The lowest BCUT2D eigenvalue weighted by molar-refractivity contribution is -0.152. The van der Waals surface area contributed by atoms with Crippen LogP contribution in [0.5, 0.6) is 0 Å². The molecule has 0 amide bonds. The van der Waals surface area contributed by atoms with Gasteiger partial charge in [0.15, 0.2) is 20.4 Å². The topological polar surface area (TPSA) is 140 Å². The normalized spacial score (nSPS) is 11.2. The molecule has 3 N–H and O–H groups in total. The van der Waals surface area contributed by atoms with Crippen molar-refractivity contribution < 1.29 is 43.9 Å². The Labute approximate surface area is 407 Å². The highest BCUT2D eigenvalue weighted by Gasteiger charge is 2.03. The molecule has 390 valence electrons. The zero-order valence-electron chi connectivity index (χ0n) is 43.6. The van der Waals surface area contributed by atoms with Gasteiger partial charge in [-0.2, -0.15) is 0 Å². The van der Waals surface area contributed by atoms with Crippen LogP contribution in [0, 0.1) is 0 Å². The number of aliphatic hydroxyl groups excluding tert-OH is 3. The van der Waals surface area contributed by atoms with Gasteiger partial charge in [-0.05, 0) is 96.3 Å². The van der Waals surface area contributed by atoms with Crippen molar-refractivity contribution in [2.24, 2.45) is 0 Å². The van der Waals surface area contributed by atoms with Crippen LogP contribution in [0.1, 0.15) is 290 Å². The zero-order chi connectivity index (χ0) is 48.9. The van der Waals surface area contributed by atoms with E-state index in [4.69, 9.17) is 15.3 Å². The highest BCUT2D eigenvalue weighted by molar-refractivity contribution is 5.69. The lowest BCUT2D eigenvalue weighted by atomic mass is 10.1. The molecule has 0 spiro atoms. The number of allylic oxidation sites excluding steroid dienone is 6. The van der Waals surface area contributed by atoms with Crippen LogP contribution in [0.15, 0.2) is 36.5 Å². The molecule has 0 saturated carbocycles.